The lowest BCUT2D eigenvalue weighted by Gasteiger charge is -2.13. The Bertz CT molecular complexity index is 762. The van der Waals surface area contributed by atoms with Crippen molar-refractivity contribution in [2.45, 2.75) is 68.2 Å². The molecule has 0 amide bonds. The number of hydrogen-bond donors (Lipinski definition) is 2. The SMILES string of the molecule is C=C(NC)C(CC)C(C)=O.CC.CC.CCc1ccc(-c2ccc(C(C)=O)cc2)cc1.CO. The molecular formula is C29H47NO3. The van der Waals surface area contributed by atoms with E-state index >= 15 is 0 Å². The summed E-state index contributed by atoms with van der Waals surface area (Å²) in [6, 6.07) is 16.3. The molecule has 4 nitrogen and oxygen atoms in total. The van der Waals surface area contributed by atoms with E-state index in [0.717, 1.165) is 36.8 Å². The second-order valence-electron chi connectivity index (χ2n) is 6.53. The van der Waals surface area contributed by atoms with E-state index in [1.54, 1.807) is 20.9 Å². The normalized spacial score (nSPS) is 9.55. The molecule has 0 aliphatic carbocycles. The van der Waals surface area contributed by atoms with Gasteiger partial charge in [0.05, 0.1) is 5.92 Å². The second-order valence-corrected chi connectivity index (χ2v) is 6.53. The van der Waals surface area contributed by atoms with E-state index in [1.165, 1.54) is 11.1 Å². The fourth-order valence-electron chi connectivity index (χ4n) is 2.78. The van der Waals surface area contributed by atoms with Crippen LogP contribution in [0.25, 0.3) is 11.1 Å². The van der Waals surface area contributed by atoms with Crippen molar-refractivity contribution < 1.29 is 14.7 Å². The molecule has 1 unspecified atom stereocenters. The molecule has 0 saturated heterocycles. The van der Waals surface area contributed by atoms with Crippen LogP contribution in [0.15, 0.2) is 60.8 Å². The lowest BCUT2D eigenvalue weighted by atomic mass is 9.99. The summed E-state index contributed by atoms with van der Waals surface area (Å²) in [7, 11) is 2.79. The number of carbonyl (C=O) groups is 2. The van der Waals surface area contributed by atoms with Crippen LogP contribution in [0.3, 0.4) is 0 Å². The van der Waals surface area contributed by atoms with Crippen LogP contribution in [0, 0.1) is 5.92 Å². The lowest BCUT2D eigenvalue weighted by molar-refractivity contribution is -0.119. The molecule has 1 atom stereocenters. The van der Waals surface area contributed by atoms with Gasteiger partial charge in [-0.15, -0.1) is 0 Å². The average molecular weight is 458 g/mol. The molecule has 0 aliphatic rings. The molecule has 0 spiro atoms. The Morgan fingerprint density at radius 2 is 1.24 bits per heavy atom. The number of aliphatic hydroxyl groups excluding tert-OH is 1. The van der Waals surface area contributed by atoms with Crippen molar-refractivity contribution >= 4 is 11.6 Å². The first kappa shape index (κ1) is 34.9. The number of rotatable bonds is 7. The first-order chi connectivity index (χ1) is 15.8. The van der Waals surface area contributed by atoms with E-state index in [0.29, 0.717) is 0 Å². The third-order valence-corrected chi connectivity index (χ3v) is 4.63. The molecule has 0 aromatic heterocycles. The molecule has 0 aliphatic heterocycles. The third kappa shape index (κ3) is 14.1. The number of benzene rings is 2. The number of ketones is 2. The van der Waals surface area contributed by atoms with Crippen LogP contribution in [-0.2, 0) is 11.2 Å². The molecule has 2 aromatic rings. The number of aliphatic hydroxyl groups is 1. The van der Waals surface area contributed by atoms with Crippen LogP contribution >= 0.6 is 0 Å². The summed E-state index contributed by atoms with van der Waals surface area (Å²) in [5, 5.41) is 9.88. The Morgan fingerprint density at radius 3 is 1.48 bits per heavy atom. The summed E-state index contributed by atoms with van der Waals surface area (Å²) in [4.78, 5) is 22.1. The molecule has 186 valence electrons. The predicted molar refractivity (Wildman–Crippen MR) is 145 cm³/mol. The maximum absolute atomic E-state index is 11.2. The molecular weight excluding hydrogens is 410 g/mol. The molecule has 2 rings (SSSR count). The van der Waals surface area contributed by atoms with Crippen molar-refractivity contribution in [2.75, 3.05) is 14.2 Å². The van der Waals surface area contributed by atoms with E-state index in [4.69, 9.17) is 5.11 Å². The number of aryl methyl sites for hydroxylation is 1. The molecule has 2 aromatic carbocycles. The van der Waals surface area contributed by atoms with E-state index in [9.17, 15) is 9.59 Å². The van der Waals surface area contributed by atoms with Crippen LogP contribution in [0.2, 0.25) is 0 Å². The molecule has 0 bridgehead atoms. The lowest BCUT2D eigenvalue weighted by Crippen LogP contribution is -2.20. The van der Waals surface area contributed by atoms with Crippen molar-refractivity contribution in [1.82, 2.24) is 5.32 Å². The second kappa shape index (κ2) is 22.5. The summed E-state index contributed by atoms with van der Waals surface area (Å²) in [5.41, 5.74) is 5.26. The number of Topliss-reactive ketones (excluding diaryl/α,β-unsaturated/α-hetero) is 2. The van der Waals surface area contributed by atoms with Crippen LogP contribution < -0.4 is 5.32 Å². The van der Waals surface area contributed by atoms with Gasteiger partial charge in [-0.25, -0.2) is 0 Å². The molecule has 0 heterocycles. The van der Waals surface area contributed by atoms with Crippen LogP contribution in [0.5, 0.6) is 0 Å². The van der Waals surface area contributed by atoms with Gasteiger partial charge in [-0.3, -0.25) is 9.59 Å². The van der Waals surface area contributed by atoms with Gasteiger partial charge in [0.15, 0.2) is 5.78 Å². The topological polar surface area (TPSA) is 66.4 Å². The van der Waals surface area contributed by atoms with Crippen LogP contribution in [0.4, 0.5) is 0 Å². The molecule has 2 N–H and O–H groups in total. The monoisotopic (exact) mass is 457 g/mol. The Hall–Kier alpha value is -2.72. The Kier molecular flexibility index (Phi) is 23.8. The van der Waals surface area contributed by atoms with Gasteiger partial charge in [0.1, 0.15) is 5.78 Å². The first-order valence-corrected chi connectivity index (χ1v) is 11.9. The minimum atomic E-state index is -0.00926. The van der Waals surface area contributed by atoms with Crippen LogP contribution in [0.1, 0.15) is 77.7 Å². The summed E-state index contributed by atoms with van der Waals surface area (Å²) in [5.74, 6) is 0.282. The van der Waals surface area contributed by atoms with Crippen molar-refractivity contribution in [1.29, 1.82) is 0 Å². The predicted octanol–water partition coefficient (Wildman–Crippen LogP) is 7.11. The highest BCUT2D eigenvalue weighted by molar-refractivity contribution is 5.94. The minimum Gasteiger partial charge on any atom is -0.400 e. The van der Waals surface area contributed by atoms with E-state index in [1.807, 2.05) is 58.9 Å². The zero-order valence-corrected chi connectivity index (χ0v) is 22.6. The van der Waals surface area contributed by atoms with Gasteiger partial charge in [-0.1, -0.05) is 96.7 Å². The van der Waals surface area contributed by atoms with E-state index in [2.05, 4.69) is 43.1 Å². The molecule has 33 heavy (non-hydrogen) atoms. The van der Waals surface area contributed by atoms with E-state index in [-0.39, 0.29) is 17.5 Å². The number of hydrogen-bond acceptors (Lipinski definition) is 4. The smallest absolute Gasteiger partial charge is 0.159 e. The minimum absolute atomic E-state index is 0.00926. The molecule has 4 heteroatoms. The Morgan fingerprint density at radius 1 is 0.848 bits per heavy atom. The highest BCUT2D eigenvalue weighted by Gasteiger charge is 2.13. The van der Waals surface area contributed by atoms with Crippen molar-refractivity contribution in [3.05, 3.63) is 71.9 Å². The summed E-state index contributed by atoms with van der Waals surface area (Å²) in [6.45, 7) is 19.0. The summed E-state index contributed by atoms with van der Waals surface area (Å²) >= 11 is 0. The van der Waals surface area contributed by atoms with Gasteiger partial charge in [0, 0.05) is 25.4 Å². The Balaban J connectivity index is -0.000000484. The third-order valence-electron chi connectivity index (χ3n) is 4.63. The maximum Gasteiger partial charge on any atom is 0.159 e. The molecule has 0 fully saturated rings. The van der Waals surface area contributed by atoms with Crippen molar-refractivity contribution in [2.24, 2.45) is 5.92 Å². The zero-order valence-electron chi connectivity index (χ0n) is 22.6. The molecule has 0 saturated carbocycles. The number of allylic oxidation sites excluding steroid dienone is 1. The zero-order chi connectivity index (χ0) is 26.4. The number of carbonyl (C=O) groups excluding carboxylic acids is 2. The largest absolute Gasteiger partial charge is 0.400 e. The van der Waals surface area contributed by atoms with Gasteiger partial charge in [0.25, 0.3) is 0 Å². The van der Waals surface area contributed by atoms with Crippen molar-refractivity contribution in [3.63, 3.8) is 0 Å². The quantitative estimate of drug-likeness (QED) is 0.435. The maximum atomic E-state index is 11.2. The Labute approximate surface area is 203 Å². The highest BCUT2D eigenvalue weighted by Crippen LogP contribution is 2.20. The first-order valence-electron chi connectivity index (χ1n) is 11.9. The van der Waals surface area contributed by atoms with Gasteiger partial charge < -0.3 is 10.4 Å². The molecule has 0 radical (unpaired) electrons. The number of nitrogens with one attached hydrogen (secondary N) is 1. The van der Waals surface area contributed by atoms with Gasteiger partial charge in [-0.05, 0) is 43.4 Å². The van der Waals surface area contributed by atoms with Crippen molar-refractivity contribution in [3.8, 4) is 11.1 Å². The fourth-order valence-corrected chi connectivity index (χ4v) is 2.78. The average Bonchev–Trinajstić information content (AvgIpc) is 2.88. The van der Waals surface area contributed by atoms with E-state index < -0.39 is 0 Å². The fraction of sp³-hybridized carbons (Fsp3) is 0.448. The van der Waals surface area contributed by atoms with Gasteiger partial charge in [0.2, 0.25) is 0 Å². The van der Waals surface area contributed by atoms with Gasteiger partial charge in [-0.2, -0.15) is 0 Å². The van der Waals surface area contributed by atoms with Gasteiger partial charge >= 0.3 is 0 Å². The summed E-state index contributed by atoms with van der Waals surface area (Å²) < 4.78 is 0. The highest BCUT2D eigenvalue weighted by atomic mass is 16.2. The standard InChI is InChI=1S/C16H16O.C8H15NO.2C2H6.CH4O/c1-3-13-4-6-15(7-5-13)16-10-8-14(9-11-16)12(2)17;1-5-8(7(3)10)6(2)9-4;3*1-2/h4-11H,3H2,1-2H3;8-9H,2,5H2,1,3-4H3;2*1-2H3;2H,1H3. The van der Waals surface area contributed by atoms with Crippen LogP contribution in [-0.4, -0.2) is 30.8 Å². The summed E-state index contributed by atoms with van der Waals surface area (Å²) in [6.07, 6.45) is 1.89.